The van der Waals surface area contributed by atoms with Crippen LogP contribution in [0.1, 0.15) is 24.0 Å². The van der Waals surface area contributed by atoms with Crippen LogP contribution in [-0.2, 0) is 17.9 Å². The average Bonchev–Trinajstić information content (AvgIpc) is 3.09. The van der Waals surface area contributed by atoms with Gasteiger partial charge < -0.3 is 14.8 Å². The molecule has 3 rings (SSSR count). The summed E-state index contributed by atoms with van der Waals surface area (Å²) in [5.41, 5.74) is 2.15. The minimum absolute atomic E-state index is 0.353. The van der Waals surface area contributed by atoms with Gasteiger partial charge in [0.05, 0.1) is 6.10 Å². The third-order valence-corrected chi connectivity index (χ3v) is 4.39. The van der Waals surface area contributed by atoms with Crippen molar-refractivity contribution in [1.82, 2.24) is 5.32 Å². The van der Waals surface area contributed by atoms with E-state index in [2.05, 4.69) is 11.4 Å². The molecular formula is C19H22ClNO2. The highest BCUT2D eigenvalue weighted by molar-refractivity contribution is 6.31. The zero-order valence-electron chi connectivity index (χ0n) is 13.1. The highest BCUT2D eigenvalue weighted by Gasteiger charge is 2.14. The lowest BCUT2D eigenvalue weighted by atomic mass is 10.2. The molecule has 0 spiro atoms. The van der Waals surface area contributed by atoms with E-state index in [4.69, 9.17) is 21.1 Å². The normalized spacial score (nSPS) is 17.3. The van der Waals surface area contributed by atoms with E-state index in [9.17, 15) is 0 Å². The molecule has 1 N–H and O–H groups in total. The highest BCUT2D eigenvalue weighted by atomic mass is 35.5. The van der Waals surface area contributed by atoms with Crippen molar-refractivity contribution < 1.29 is 9.47 Å². The van der Waals surface area contributed by atoms with Crippen molar-refractivity contribution in [3.05, 3.63) is 64.7 Å². The number of hydrogen-bond donors (Lipinski definition) is 1. The number of ether oxygens (including phenoxy) is 2. The van der Waals surface area contributed by atoms with Gasteiger partial charge in [-0.2, -0.15) is 0 Å². The largest absolute Gasteiger partial charge is 0.489 e. The van der Waals surface area contributed by atoms with E-state index >= 15 is 0 Å². The van der Waals surface area contributed by atoms with Gasteiger partial charge in [0.1, 0.15) is 12.4 Å². The van der Waals surface area contributed by atoms with E-state index in [0.717, 1.165) is 48.0 Å². The van der Waals surface area contributed by atoms with Crippen molar-refractivity contribution in [2.75, 3.05) is 13.2 Å². The molecular weight excluding hydrogens is 310 g/mol. The van der Waals surface area contributed by atoms with Crippen LogP contribution < -0.4 is 10.1 Å². The number of benzene rings is 2. The van der Waals surface area contributed by atoms with Gasteiger partial charge in [-0.15, -0.1) is 0 Å². The van der Waals surface area contributed by atoms with Crippen molar-refractivity contribution >= 4 is 11.6 Å². The average molecular weight is 332 g/mol. The molecule has 0 amide bonds. The Kier molecular flexibility index (Phi) is 5.92. The van der Waals surface area contributed by atoms with Gasteiger partial charge >= 0.3 is 0 Å². The maximum Gasteiger partial charge on any atom is 0.124 e. The van der Waals surface area contributed by atoms with E-state index in [-0.39, 0.29) is 0 Å². The summed E-state index contributed by atoms with van der Waals surface area (Å²) in [6.07, 6.45) is 2.67. The Morgan fingerprint density at radius 1 is 1.09 bits per heavy atom. The lowest BCUT2D eigenvalue weighted by Crippen LogP contribution is -2.25. The van der Waals surface area contributed by atoms with Gasteiger partial charge in [-0.05, 0) is 25.0 Å². The molecule has 1 atom stereocenters. The molecule has 2 aromatic rings. The monoisotopic (exact) mass is 331 g/mol. The molecule has 0 saturated carbocycles. The van der Waals surface area contributed by atoms with Crippen molar-refractivity contribution in [2.24, 2.45) is 0 Å². The smallest absolute Gasteiger partial charge is 0.124 e. The Bertz CT molecular complexity index is 626. The van der Waals surface area contributed by atoms with Crippen LogP contribution in [0.5, 0.6) is 5.75 Å². The summed E-state index contributed by atoms with van der Waals surface area (Å²) in [7, 11) is 0. The zero-order chi connectivity index (χ0) is 15.9. The fourth-order valence-electron chi connectivity index (χ4n) is 2.73. The van der Waals surface area contributed by atoms with Gasteiger partial charge in [-0.1, -0.05) is 48.0 Å². The summed E-state index contributed by atoms with van der Waals surface area (Å²) < 4.78 is 11.6. The first-order valence-electron chi connectivity index (χ1n) is 8.09. The summed E-state index contributed by atoms with van der Waals surface area (Å²) in [6, 6.07) is 15.9. The first-order valence-corrected chi connectivity index (χ1v) is 8.47. The zero-order valence-corrected chi connectivity index (χ0v) is 13.9. The fraction of sp³-hybridized carbons (Fsp3) is 0.368. The van der Waals surface area contributed by atoms with E-state index in [1.54, 1.807) is 0 Å². The molecule has 0 aliphatic carbocycles. The highest BCUT2D eigenvalue weighted by Crippen LogP contribution is 2.22. The fourth-order valence-corrected chi connectivity index (χ4v) is 2.93. The van der Waals surface area contributed by atoms with E-state index in [1.165, 1.54) is 6.42 Å². The summed E-state index contributed by atoms with van der Waals surface area (Å²) >= 11 is 6.18. The molecule has 1 aliphatic heterocycles. The summed E-state index contributed by atoms with van der Waals surface area (Å²) in [5, 5.41) is 4.20. The summed E-state index contributed by atoms with van der Waals surface area (Å²) in [4.78, 5) is 0. The van der Waals surface area contributed by atoms with Crippen molar-refractivity contribution in [2.45, 2.75) is 32.1 Å². The van der Waals surface area contributed by atoms with Crippen LogP contribution in [-0.4, -0.2) is 19.3 Å². The first-order chi connectivity index (χ1) is 11.3. The van der Waals surface area contributed by atoms with Crippen LogP contribution in [0, 0.1) is 0 Å². The minimum atomic E-state index is 0.353. The number of nitrogens with one attached hydrogen (secondary N) is 1. The second-order valence-corrected chi connectivity index (χ2v) is 6.16. The number of para-hydroxylation sites is 1. The number of halogens is 1. The molecule has 0 aromatic heterocycles. The van der Waals surface area contributed by atoms with Crippen molar-refractivity contribution in [3.63, 3.8) is 0 Å². The molecule has 4 heteroatoms. The molecule has 1 fully saturated rings. The Balaban J connectivity index is 1.55. The molecule has 0 radical (unpaired) electrons. The van der Waals surface area contributed by atoms with E-state index in [0.29, 0.717) is 12.7 Å². The van der Waals surface area contributed by atoms with Gasteiger partial charge in [0.25, 0.3) is 0 Å². The third kappa shape index (κ3) is 4.71. The van der Waals surface area contributed by atoms with Gasteiger partial charge in [0, 0.05) is 35.8 Å². The standard InChI is InChI=1S/C19H22ClNO2/c20-18-9-3-1-7-16(18)14-23-19-10-4-2-6-15(19)12-21-13-17-8-5-11-22-17/h1-4,6-7,9-10,17,21H,5,8,11-14H2/t17-/m1/s1. The Morgan fingerprint density at radius 2 is 1.87 bits per heavy atom. The Labute approximate surface area is 142 Å². The van der Waals surface area contributed by atoms with Crippen LogP contribution in [0.3, 0.4) is 0 Å². The lowest BCUT2D eigenvalue weighted by molar-refractivity contribution is 0.110. The quantitative estimate of drug-likeness (QED) is 0.825. The van der Waals surface area contributed by atoms with Crippen LogP contribution in [0.4, 0.5) is 0 Å². The number of hydrogen-bond acceptors (Lipinski definition) is 3. The molecule has 0 unspecified atom stereocenters. The predicted octanol–water partition coefficient (Wildman–Crippen LogP) is 4.19. The van der Waals surface area contributed by atoms with Gasteiger partial charge in [0.15, 0.2) is 0 Å². The third-order valence-electron chi connectivity index (χ3n) is 4.03. The first kappa shape index (κ1) is 16.3. The SMILES string of the molecule is Clc1ccccc1COc1ccccc1CNC[C@H]1CCCO1. The van der Waals surface area contributed by atoms with E-state index < -0.39 is 0 Å². The van der Waals surface area contributed by atoms with Gasteiger partial charge in [0.2, 0.25) is 0 Å². The van der Waals surface area contributed by atoms with Crippen LogP contribution >= 0.6 is 11.6 Å². The summed E-state index contributed by atoms with van der Waals surface area (Å²) in [5.74, 6) is 0.896. The van der Waals surface area contributed by atoms with Crippen LogP contribution in [0.15, 0.2) is 48.5 Å². The van der Waals surface area contributed by atoms with Gasteiger partial charge in [-0.25, -0.2) is 0 Å². The van der Waals surface area contributed by atoms with Crippen molar-refractivity contribution in [1.29, 1.82) is 0 Å². The molecule has 2 aromatic carbocycles. The van der Waals surface area contributed by atoms with E-state index in [1.807, 2.05) is 42.5 Å². The molecule has 1 heterocycles. The minimum Gasteiger partial charge on any atom is -0.489 e. The number of rotatable bonds is 7. The Morgan fingerprint density at radius 3 is 2.65 bits per heavy atom. The molecule has 23 heavy (non-hydrogen) atoms. The van der Waals surface area contributed by atoms with Crippen LogP contribution in [0.2, 0.25) is 5.02 Å². The molecule has 3 nitrogen and oxygen atoms in total. The maximum absolute atomic E-state index is 6.18. The topological polar surface area (TPSA) is 30.5 Å². The summed E-state index contributed by atoms with van der Waals surface area (Å²) in [6.45, 7) is 3.03. The molecule has 122 valence electrons. The maximum atomic E-state index is 6.18. The van der Waals surface area contributed by atoms with Crippen molar-refractivity contribution in [3.8, 4) is 5.75 Å². The molecule has 1 saturated heterocycles. The second kappa shape index (κ2) is 8.34. The lowest BCUT2D eigenvalue weighted by Gasteiger charge is -2.14. The predicted molar refractivity (Wildman–Crippen MR) is 92.9 cm³/mol. The Hall–Kier alpha value is -1.55. The second-order valence-electron chi connectivity index (χ2n) is 5.75. The molecule has 0 bridgehead atoms. The van der Waals surface area contributed by atoms with Crippen LogP contribution in [0.25, 0.3) is 0 Å². The molecule has 1 aliphatic rings. The van der Waals surface area contributed by atoms with Gasteiger partial charge in [-0.3, -0.25) is 0 Å².